The van der Waals surface area contributed by atoms with Gasteiger partial charge in [-0.15, -0.1) is 0 Å². The molecule has 0 radical (unpaired) electrons. The van der Waals surface area contributed by atoms with Crippen LogP contribution in [-0.2, 0) is 17.9 Å². The van der Waals surface area contributed by atoms with Crippen LogP contribution >= 0.6 is 22.6 Å². The first-order chi connectivity index (χ1) is 9.69. The van der Waals surface area contributed by atoms with Gasteiger partial charge < -0.3 is 4.79 Å². The highest BCUT2D eigenvalue weighted by Crippen LogP contribution is 2.36. The van der Waals surface area contributed by atoms with E-state index in [1.54, 1.807) is 0 Å². The second kappa shape index (κ2) is 5.66. The Morgan fingerprint density at radius 3 is 2.70 bits per heavy atom. The highest BCUT2D eigenvalue weighted by atomic mass is 127. The Kier molecular flexibility index (Phi) is 3.89. The molecule has 0 saturated heterocycles. The highest BCUT2D eigenvalue weighted by molar-refractivity contribution is 14.1. The molecule has 3 heteroatoms. The molecule has 2 aromatic carbocycles. The standard InChI is InChI=1S/C17H16INO/c1-12-5-7-13(8-6-12)9-19-10-14-3-2-4-15(18)17(14)16(19)11-20/h2-8,11,16H,9-10H2,1H3. The van der Waals surface area contributed by atoms with E-state index in [-0.39, 0.29) is 6.04 Å². The smallest absolute Gasteiger partial charge is 0.141 e. The van der Waals surface area contributed by atoms with Gasteiger partial charge in [-0.3, -0.25) is 4.90 Å². The molecule has 0 spiro atoms. The lowest BCUT2D eigenvalue weighted by atomic mass is 10.1. The molecule has 0 fully saturated rings. The van der Waals surface area contributed by atoms with E-state index in [1.807, 2.05) is 0 Å². The zero-order valence-corrected chi connectivity index (χ0v) is 13.5. The molecule has 102 valence electrons. The number of hydrogen-bond donors (Lipinski definition) is 0. The van der Waals surface area contributed by atoms with Crippen molar-refractivity contribution in [2.45, 2.75) is 26.1 Å². The maximum absolute atomic E-state index is 11.5. The Morgan fingerprint density at radius 1 is 1.25 bits per heavy atom. The molecule has 1 unspecified atom stereocenters. The summed E-state index contributed by atoms with van der Waals surface area (Å²) >= 11 is 2.32. The van der Waals surface area contributed by atoms with Gasteiger partial charge in [0.15, 0.2) is 0 Å². The zero-order chi connectivity index (χ0) is 14.1. The fourth-order valence-corrected chi connectivity index (χ4v) is 3.66. The Morgan fingerprint density at radius 2 is 2.00 bits per heavy atom. The zero-order valence-electron chi connectivity index (χ0n) is 11.3. The molecule has 20 heavy (non-hydrogen) atoms. The van der Waals surface area contributed by atoms with Gasteiger partial charge in [-0.2, -0.15) is 0 Å². The molecule has 0 aliphatic carbocycles. The minimum absolute atomic E-state index is 0.112. The van der Waals surface area contributed by atoms with Crippen molar-refractivity contribution in [3.05, 3.63) is 68.3 Å². The fourth-order valence-electron chi connectivity index (χ4n) is 2.79. The average molecular weight is 377 g/mol. The van der Waals surface area contributed by atoms with Crippen LogP contribution in [0.3, 0.4) is 0 Å². The van der Waals surface area contributed by atoms with Crippen LogP contribution in [0.2, 0.25) is 0 Å². The monoisotopic (exact) mass is 377 g/mol. The number of carbonyl (C=O) groups is 1. The van der Waals surface area contributed by atoms with Crippen LogP contribution in [0.15, 0.2) is 42.5 Å². The molecule has 0 aromatic heterocycles. The van der Waals surface area contributed by atoms with Crippen molar-refractivity contribution in [3.8, 4) is 0 Å². The minimum Gasteiger partial charge on any atom is -0.301 e. The van der Waals surface area contributed by atoms with Gasteiger partial charge in [-0.1, -0.05) is 42.0 Å². The van der Waals surface area contributed by atoms with Crippen LogP contribution < -0.4 is 0 Å². The molecule has 1 heterocycles. The van der Waals surface area contributed by atoms with Crippen LogP contribution in [0.5, 0.6) is 0 Å². The first-order valence-corrected chi connectivity index (χ1v) is 7.79. The van der Waals surface area contributed by atoms with E-state index < -0.39 is 0 Å². The van der Waals surface area contributed by atoms with E-state index in [2.05, 4.69) is 76.9 Å². The molecule has 1 aliphatic rings. The quantitative estimate of drug-likeness (QED) is 0.598. The maximum Gasteiger partial charge on any atom is 0.141 e. The molecule has 0 N–H and O–H groups in total. The third-order valence-electron chi connectivity index (χ3n) is 3.84. The SMILES string of the molecule is Cc1ccc(CN2Cc3cccc(I)c3C2C=O)cc1. The van der Waals surface area contributed by atoms with E-state index in [0.717, 1.165) is 19.4 Å². The van der Waals surface area contributed by atoms with Gasteiger partial charge in [-0.05, 0) is 52.3 Å². The summed E-state index contributed by atoms with van der Waals surface area (Å²) in [5, 5.41) is 0. The number of nitrogens with zero attached hydrogens (tertiary/aromatic N) is 1. The van der Waals surface area contributed by atoms with Crippen molar-refractivity contribution in [2.75, 3.05) is 0 Å². The van der Waals surface area contributed by atoms with E-state index in [4.69, 9.17) is 0 Å². The van der Waals surface area contributed by atoms with Gasteiger partial charge in [0, 0.05) is 16.7 Å². The molecule has 2 nitrogen and oxygen atoms in total. The van der Waals surface area contributed by atoms with E-state index in [0.29, 0.717) is 0 Å². The van der Waals surface area contributed by atoms with Crippen LogP contribution in [0.4, 0.5) is 0 Å². The Bertz CT molecular complexity index is 636. The molecule has 0 amide bonds. The van der Waals surface area contributed by atoms with Crippen molar-refractivity contribution in [1.82, 2.24) is 4.90 Å². The summed E-state index contributed by atoms with van der Waals surface area (Å²) in [5.41, 5.74) is 4.99. The number of fused-ring (bicyclic) bond motifs is 1. The van der Waals surface area contributed by atoms with Crippen molar-refractivity contribution in [2.24, 2.45) is 0 Å². The van der Waals surface area contributed by atoms with Crippen LogP contribution in [0.1, 0.15) is 28.3 Å². The third-order valence-corrected chi connectivity index (χ3v) is 4.78. The van der Waals surface area contributed by atoms with Gasteiger partial charge in [-0.25, -0.2) is 0 Å². The molecule has 1 atom stereocenters. The Hall–Kier alpha value is -1.20. The summed E-state index contributed by atoms with van der Waals surface area (Å²) in [6.07, 6.45) is 1.07. The molecule has 0 saturated carbocycles. The van der Waals surface area contributed by atoms with Gasteiger partial charge in [0.25, 0.3) is 0 Å². The number of benzene rings is 2. The predicted molar refractivity (Wildman–Crippen MR) is 88.4 cm³/mol. The molecule has 2 aromatic rings. The number of hydrogen-bond acceptors (Lipinski definition) is 2. The van der Waals surface area contributed by atoms with Gasteiger partial charge >= 0.3 is 0 Å². The lowest BCUT2D eigenvalue weighted by molar-refractivity contribution is -0.112. The van der Waals surface area contributed by atoms with Gasteiger partial charge in [0.1, 0.15) is 6.29 Å². The first kappa shape index (κ1) is 13.8. The molecular formula is C17H16INO. The Balaban J connectivity index is 1.87. The van der Waals surface area contributed by atoms with Crippen molar-refractivity contribution >= 4 is 28.9 Å². The van der Waals surface area contributed by atoms with Crippen LogP contribution in [-0.4, -0.2) is 11.2 Å². The molecule has 0 bridgehead atoms. The van der Waals surface area contributed by atoms with E-state index >= 15 is 0 Å². The third kappa shape index (κ3) is 2.52. The van der Waals surface area contributed by atoms with Crippen molar-refractivity contribution in [3.63, 3.8) is 0 Å². The average Bonchev–Trinajstić information content (AvgIpc) is 2.80. The van der Waals surface area contributed by atoms with Crippen molar-refractivity contribution < 1.29 is 4.79 Å². The van der Waals surface area contributed by atoms with Crippen molar-refractivity contribution in [1.29, 1.82) is 0 Å². The minimum atomic E-state index is -0.112. The summed E-state index contributed by atoms with van der Waals surface area (Å²) in [7, 11) is 0. The number of halogens is 1. The molecule has 1 aliphatic heterocycles. The number of aryl methyl sites for hydroxylation is 1. The first-order valence-electron chi connectivity index (χ1n) is 6.71. The van der Waals surface area contributed by atoms with Crippen LogP contribution in [0.25, 0.3) is 0 Å². The highest BCUT2D eigenvalue weighted by Gasteiger charge is 2.31. The summed E-state index contributed by atoms with van der Waals surface area (Å²) in [5.74, 6) is 0. The normalized spacial score (nSPS) is 18.0. The maximum atomic E-state index is 11.5. The predicted octanol–water partition coefficient (Wildman–Crippen LogP) is 3.86. The summed E-state index contributed by atoms with van der Waals surface area (Å²) in [6.45, 7) is 3.75. The van der Waals surface area contributed by atoms with Crippen LogP contribution in [0, 0.1) is 10.5 Å². The fraction of sp³-hybridized carbons (Fsp3) is 0.235. The van der Waals surface area contributed by atoms with E-state index in [1.165, 1.54) is 25.8 Å². The lowest BCUT2D eigenvalue weighted by Gasteiger charge is -2.21. The lowest BCUT2D eigenvalue weighted by Crippen LogP contribution is -2.22. The second-order valence-corrected chi connectivity index (χ2v) is 6.45. The topological polar surface area (TPSA) is 20.3 Å². The van der Waals surface area contributed by atoms with Gasteiger partial charge in [0.05, 0.1) is 6.04 Å². The summed E-state index contributed by atoms with van der Waals surface area (Å²) < 4.78 is 1.18. The number of carbonyl (C=O) groups excluding carboxylic acids is 1. The summed E-state index contributed by atoms with van der Waals surface area (Å²) in [6, 6.07) is 14.7. The molecular weight excluding hydrogens is 361 g/mol. The molecule has 3 rings (SSSR count). The summed E-state index contributed by atoms with van der Waals surface area (Å²) in [4.78, 5) is 13.8. The van der Waals surface area contributed by atoms with Gasteiger partial charge in [0.2, 0.25) is 0 Å². The number of rotatable bonds is 3. The number of aldehydes is 1. The van der Waals surface area contributed by atoms with E-state index in [9.17, 15) is 4.79 Å². The largest absolute Gasteiger partial charge is 0.301 e. The Labute approximate surface area is 132 Å². The second-order valence-electron chi connectivity index (χ2n) is 5.28.